The van der Waals surface area contributed by atoms with Crippen LogP contribution in [0.4, 0.5) is 0 Å². The first-order valence-corrected chi connectivity index (χ1v) is 6.81. The summed E-state index contributed by atoms with van der Waals surface area (Å²) in [5.41, 5.74) is 2.32. The van der Waals surface area contributed by atoms with Crippen molar-refractivity contribution in [2.24, 2.45) is 5.92 Å². The average Bonchev–Trinajstić information content (AvgIpc) is 2.77. The lowest BCUT2D eigenvalue weighted by atomic mass is 10.1. The van der Waals surface area contributed by atoms with Crippen LogP contribution < -0.4 is 5.32 Å². The predicted octanol–water partition coefficient (Wildman–Crippen LogP) is 3.06. The Morgan fingerprint density at radius 2 is 2.00 bits per heavy atom. The molecule has 1 N–H and O–H groups in total. The van der Waals surface area contributed by atoms with Crippen molar-refractivity contribution in [1.29, 1.82) is 0 Å². The molecule has 0 bridgehead atoms. The van der Waals surface area contributed by atoms with Gasteiger partial charge in [-0.25, -0.2) is 4.98 Å². The Kier molecular flexibility index (Phi) is 4.37. The minimum atomic E-state index is 0.588. The molecule has 1 atom stereocenters. The van der Waals surface area contributed by atoms with Gasteiger partial charge >= 0.3 is 0 Å². The topological polar surface area (TPSA) is 29.9 Å². The average molecular weight is 245 g/mol. The molecule has 0 amide bonds. The molecular formula is C15H23N3. The number of hydrogen-bond donors (Lipinski definition) is 1. The van der Waals surface area contributed by atoms with Crippen molar-refractivity contribution in [2.75, 3.05) is 6.54 Å². The monoisotopic (exact) mass is 245 g/mol. The van der Waals surface area contributed by atoms with Gasteiger partial charge in [0.05, 0.1) is 17.4 Å². The first kappa shape index (κ1) is 13.1. The van der Waals surface area contributed by atoms with Crippen molar-refractivity contribution in [3.63, 3.8) is 0 Å². The van der Waals surface area contributed by atoms with Gasteiger partial charge in [-0.05, 0) is 37.9 Å². The van der Waals surface area contributed by atoms with Gasteiger partial charge in [0.25, 0.3) is 0 Å². The van der Waals surface area contributed by atoms with E-state index in [2.05, 4.69) is 53.8 Å². The van der Waals surface area contributed by atoms with Crippen LogP contribution >= 0.6 is 0 Å². The molecule has 0 radical (unpaired) electrons. The van der Waals surface area contributed by atoms with Crippen LogP contribution in [0.15, 0.2) is 30.6 Å². The van der Waals surface area contributed by atoms with Crippen molar-refractivity contribution >= 4 is 11.0 Å². The third-order valence-electron chi connectivity index (χ3n) is 3.57. The zero-order chi connectivity index (χ0) is 13.0. The number of fused-ring (bicyclic) bond motifs is 1. The number of nitrogens with zero attached hydrogens (tertiary/aromatic N) is 2. The Morgan fingerprint density at radius 3 is 2.78 bits per heavy atom. The van der Waals surface area contributed by atoms with Crippen molar-refractivity contribution in [1.82, 2.24) is 14.9 Å². The van der Waals surface area contributed by atoms with Crippen LogP contribution in [0.3, 0.4) is 0 Å². The Morgan fingerprint density at radius 1 is 1.22 bits per heavy atom. The lowest BCUT2D eigenvalue weighted by molar-refractivity contribution is 0.418. The maximum Gasteiger partial charge on any atom is 0.0958 e. The summed E-state index contributed by atoms with van der Waals surface area (Å²) in [7, 11) is 0. The fourth-order valence-electron chi connectivity index (χ4n) is 2.00. The van der Waals surface area contributed by atoms with Crippen LogP contribution in [-0.2, 0) is 6.54 Å². The lowest BCUT2D eigenvalue weighted by Gasteiger charge is -2.17. The summed E-state index contributed by atoms with van der Waals surface area (Å²) < 4.78 is 2.23. The van der Waals surface area contributed by atoms with Crippen LogP contribution in [-0.4, -0.2) is 22.1 Å². The van der Waals surface area contributed by atoms with Gasteiger partial charge in [-0.1, -0.05) is 26.0 Å². The summed E-state index contributed by atoms with van der Waals surface area (Å²) in [5.74, 6) is 0.694. The summed E-state index contributed by atoms with van der Waals surface area (Å²) in [4.78, 5) is 4.40. The zero-order valence-corrected chi connectivity index (χ0v) is 11.6. The van der Waals surface area contributed by atoms with E-state index in [0.29, 0.717) is 12.0 Å². The van der Waals surface area contributed by atoms with E-state index in [4.69, 9.17) is 0 Å². The smallest absolute Gasteiger partial charge is 0.0958 e. The Hall–Kier alpha value is -1.35. The molecule has 98 valence electrons. The molecule has 1 heterocycles. The highest BCUT2D eigenvalue weighted by atomic mass is 15.0. The molecule has 0 fully saturated rings. The highest BCUT2D eigenvalue weighted by Crippen LogP contribution is 2.11. The van der Waals surface area contributed by atoms with E-state index >= 15 is 0 Å². The molecule has 0 aliphatic rings. The van der Waals surface area contributed by atoms with Crippen LogP contribution in [0.2, 0.25) is 0 Å². The number of aryl methyl sites for hydroxylation is 1. The maximum absolute atomic E-state index is 4.40. The number of aromatic nitrogens is 2. The standard InChI is InChI=1S/C15H23N3/c1-12(2)13(3)16-9-6-10-18-11-17-14-7-4-5-8-15(14)18/h4-5,7-8,11-13,16H,6,9-10H2,1-3H3. The highest BCUT2D eigenvalue weighted by Gasteiger charge is 2.05. The summed E-state index contributed by atoms with van der Waals surface area (Å²) in [6.45, 7) is 8.84. The summed E-state index contributed by atoms with van der Waals surface area (Å²) in [5, 5.41) is 3.56. The van der Waals surface area contributed by atoms with Gasteiger partial charge in [0.1, 0.15) is 0 Å². The normalized spacial score (nSPS) is 13.3. The Bertz CT molecular complexity index is 487. The largest absolute Gasteiger partial charge is 0.331 e. The van der Waals surface area contributed by atoms with E-state index in [1.54, 1.807) is 0 Å². The molecular weight excluding hydrogens is 222 g/mol. The van der Waals surface area contributed by atoms with Gasteiger partial charge in [0, 0.05) is 12.6 Å². The van der Waals surface area contributed by atoms with Gasteiger partial charge in [0.15, 0.2) is 0 Å². The molecule has 0 saturated heterocycles. The number of imidazole rings is 1. The first-order chi connectivity index (χ1) is 8.68. The van der Waals surface area contributed by atoms with Crippen molar-refractivity contribution in [3.05, 3.63) is 30.6 Å². The predicted molar refractivity (Wildman–Crippen MR) is 76.7 cm³/mol. The van der Waals surface area contributed by atoms with Crippen LogP contribution in [0.25, 0.3) is 11.0 Å². The van der Waals surface area contributed by atoms with Gasteiger partial charge in [-0.15, -0.1) is 0 Å². The lowest BCUT2D eigenvalue weighted by Crippen LogP contribution is -2.31. The molecule has 0 aliphatic carbocycles. The molecule has 3 heteroatoms. The van der Waals surface area contributed by atoms with Crippen molar-refractivity contribution in [3.8, 4) is 0 Å². The maximum atomic E-state index is 4.40. The zero-order valence-electron chi connectivity index (χ0n) is 11.6. The van der Waals surface area contributed by atoms with Crippen molar-refractivity contribution < 1.29 is 0 Å². The fraction of sp³-hybridized carbons (Fsp3) is 0.533. The number of para-hydroxylation sites is 2. The number of benzene rings is 1. The molecule has 0 saturated carbocycles. The number of hydrogen-bond acceptors (Lipinski definition) is 2. The van der Waals surface area contributed by atoms with Crippen LogP contribution in [0, 0.1) is 5.92 Å². The minimum Gasteiger partial charge on any atom is -0.331 e. The van der Waals surface area contributed by atoms with Gasteiger partial charge < -0.3 is 9.88 Å². The van der Waals surface area contributed by atoms with E-state index in [0.717, 1.165) is 25.0 Å². The number of nitrogens with one attached hydrogen (secondary N) is 1. The Labute approximate surface area is 109 Å². The second-order valence-corrected chi connectivity index (χ2v) is 5.27. The van der Waals surface area contributed by atoms with E-state index in [9.17, 15) is 0 Å². The quantitative estimate of drug-likeness (QED) is 0.793. The molecule has 1 aromatic carbocycles. The molecule has 18 heavy (non-hydrogen) atoms. The van der Waals surface area contributed by atoms with Crippen LogP contribution in [0.1, 0.15) is 27.2 Å². The second-order valence-electron chi connectivity index (χ2n) is 5.27. The van der Waals surface area contributed by atoms with Crippen molar-refractivity contribution in [2.45, 2.75) is 39.8 Å². The third kappa shape index (κ3) is 3.10. The second kappa shape index (κ2) is 6.01. The Balaban J connectivity index is 1.84. The third-order valence-corrected chi connectivity index (χ3v) is 3.57. The molecule has 2 aromatic rings. The van der Waals surface area contributed by atoms with Gasteiger partial charge in [-0.2, -0.15) is 0 Å². The molecule has 1 aromatic heterocycles. The fourth-order valence-corrected chi connectivity index (χ4v) is 2.00. The molecule has 1 unspecified atom stereocenters. The SMILES string of the molecule is CC(C)C(C)NCCCn1cnc2ccccc21. The van der Waals surface area contributed by atoms with E-state index in [1.807, 2.05) is 12.4 Å². The number of rotatable bonds is 6. The van der Waals surface area contributed by atoms with E-state index < -0.39 is 0 Å². The van der Waals surface area contributed by atoms with E-state index in [-0.39, 0.29) is 0 Å². The molecule has 0 spiro atoms. The molecule has 3 nitrogen and oxygen atoms in total. The van der Waals surface area contributed by atoms with Crippen LogP contribution in [0.5, 0.6) is 0 Å². The molecule has 0 aliphatic heterocycles. The summed E-state index contributed by atoms with van der Waals surface area (Å²) >= 11 is 0. The van der Waals surface area contributed by atoms with E-state index in [1.165, 1.54) is 5.52 Å². The molecule has 2 rings (SSSR count). The minimum absolute atomic E-state index is 0.588. The van der Waals surface area contributed by atoms with Gasteiger partial charge in [0.2, 0.25) is 0 Å². The first-order valence-electron chi connectivity index (χ1n) is 6.81. The van der Waals surface area contributed by atoms with Gasteiger partial charge in [-0.3, -0.25) is 0 Å². The highest BCUT2D eigenvalue weighted by molar-refractivity contribution is 5.74. The summed E-state index contributed by atoms with van der Waals surface area (Å²) in [6, 6.07) is 8.88. The summed E-state index contributed by atoms with van der Waals surface area (Å²) in [6.07, 6.45) is 3.08.